The molecule has 0 radical (unpaired) electrons. The molecule has 106 valence electrons. The Hall–Kier alpha value is -0.540. The Balaban J connectivity index is 2.50. The van der Waals surface area contributed by atoms with E-state index >= 15 is 0 Å². The van der Waals surface area contributed by atoms with Crippen LogP contribution in [-0.2, 0) is 0 Å². The van der Waals surface area contributed by atoms with Crippen LogP contribution < -0.4 is 5.32 Å². The maximum Gasteiger partial charge on any atom is 0.0643 e. The van der Waals surface area contributed by atoms with E-state index in [4.69, 9.17) is 23.2 Å². The highest BCUT2D eigenvalue weighted by molar-refractivity contribution is 9.10. The number of nitrogens with one attached hydrogen (secondary N) is 1. The molecule has 0 aromatic heterocycles. The SMILES string of the molecule is CCNC(c1ccc(Br)c(C)c1)c1cccc(Cl)c1Cl. The van der Waals surface area contributed by atoms with Crippen molar-refractivity contribution >= 4 is 39.1 Å². The molecule has 0 aliphatic heterocycles. The van der Waals surface area contributed by atoms with Gasteiger partial charge < -0.3 is 5.32 Å². The molecule has 2 aromatic carbocycles. The minimum absolute atomic E-state index is 0.0398. The first-order valence-electron chi connectivity index (χ1n) is 6.48. The molecule has 2 aromatic rings. The average molecular weight is 373 g/mol. The monoisotopic (exact) mass is 371 g/mol. The Morgan fingerprint density at radius 3 is 2.60 bits per heavy atom. The molecule has 4 heteroatoms. The van der Waals surface area contributed by atoms with Crippen molar-refractivity contribution in [2.45, 2.75) is 19.9 Å². The number of aryl methyl sites for hydroxylation is 1. The molecule has 0 spiro atoms. The maximum atomic E-state index is 6.36. The molecule has 0 aliphatic rings. The lowest BCUT2D eigenvalue weighted by atomic mass is 9.97. The molecule has 1 unspecified atom stereocenters. The van der Waals surface area contributed by atoms with Crippen molar-refractivity contribution in [2.24, 2.45) is 0 Å². The molecular weight excluding hydrogens is 357 g/mol. The molecule has 1 nitrogen and oxygen atoms in total. The zero-order valence-electron chi connectivity index (χ0n) is 11.4. The molecule has 1 N–H and O–H groups in total. The van der Waals surface area contributed by atoms with E-state index in [1.165, 1.54) is 11.1 Å². The van der Waals surface area contributed by atoms with Crippen LogP contribution in [0.15, 0.2) is 40.9 Å². The molecule has 0 aliphatic carbocycles. The Bertz CT molecular complexity index is 613. The fraction of sp³-hybridized carbons (Fsp3) is 0.250. The standard InChI is InChI=1S/C16H16BrCl2N/c1-3-20-16(11-7-8-13(17)10(2)9-11)12-5-4-6-14(18)15(12)19/h4-9,16,20H,3H2,1-2H3. The first-order chi connectivity index (χ1) is 9.54. The van der Waals surface area contributed by atoms with Gasteiger partial charge in [-0.3, -0.25) is 0 Å². The van der Waals surface area contributed by atoms with Crippen LogP contribution in [0.5, 0.6) is 0 Å². The number of hydrogen-bond donors (Lipinski definition) is 1. The van der Waals surface area contributed by atoms with E-state index in [2.05, 4.69) is 53.3 Å². The van der Waals surface area contributed by atoms with Gasteiger partial charge in [-0.1, -0.05) is 70.3 Å². The van der Waals surface area contributed by atoms with Crippen LogP contribution in [0.25, 0.3) is 0 Å². The molecular formula is C16H16BrCl2N. The maximum absolute atomic E-state index is 6.36. The molecule has 1 atom stereocenters. The van der Waals surface area contributed by atoms with Crippen molar-refractivity contribution in [1.82, 2.24) is 5.32 Å². The summed E-state index contributed by atoms with van der Waals surface area (Å²) in [7, 11) is 0. The minimum atomic E-state index is 0.0398. The molecule has 2 rings (SSSR count). The molecule has 0 bridgehead atoms. The second kappa shape index (κ2) is 6.95. The fourth-order valence-electron chi connectivity index (χ4n) is 2.20. The fourth-order valence-corrected chi connectivity index (χ4v) is 2.87. The van der Waals surface area contributed by atoms with Crippen LogP contribution in [0.4, 0.5) is 0 Å². The number of rotatable bonds is 4. The van der Waals surface area contributed by atoms with Crippen molar-refractivity contribution in [2.75, 3.05) is 6.54 Å². The summed E-state index contributed by atoms with van der Waals surface area (Å²) < 4.78 is 1.11. The molecule has 0 fully saturated rings. The van der Waals surface area contributed by atoms with Gasteiger partial charge in [0.15, 0.2) is 0 Å². The molecule has 0 saturated carbocycles. The first-order valence-corrected chi connectivity index (χ1v) is 8.02. The summed E-state index contributed by atoms with van der Waals surface area (Å²) in [5.41, 5.74) is 3.38. The summed E-state index contributed by atoms with van der Waals surface area (Å²) >= 11 is 16.0. The summed E-state index contributed by atoms with van der Waals surface area (Å²) in [5.74, 6) is 0. The van der Waals surface area contributed by atoms with Crippen LogP contribution in [0.3, 0.4) is 0 Å². The van der Waals surface area contributed by atoms with Crippen LogP contribution in [0, 0.1) is 6.92 Å². The summed E-state index contributed by atoms with van der Waals surface area (Å²) in [6, 6.07) is 12.1. The van der Waals surface area contributed by atoms with E-state index in [1.54, 1.807) is 0 Å². The average Bonchev–Trinajstić information content (AvgIpc) is 2.43. The van der Waals surface area contributed by atoms with Gasteiger partial charge in [0.2, 0.25) is 0 Å². The van der Waals surface area contributed by atoms with Crippen molar-refractivity contribution in [3.63, 3.8) is 0 Å². The van der Waals surface area contributed by atoms with E-state index in [0.29, 0.717) is 10.0 Å². The van der Waals surface area contributed by atoms with Crippen LogP contribution >= 0.6 is 39.1 Å². The summed E-state index contributed by atoms with van der Waals surface area (Å²) in [5, 5.41) is 4.67. The van der Waals surface area contributed by atoms with Crippen molar-refractivity contribution in [3.8, 4) is 0 Å². The predicted molar refractivity (Wildman–Crippen MR) is 90.9 cm³/mol. The van der Waals surface area contributed by atoms with Gasteiger partial charge in [0.05, 0.1) is 16.1 Å². The number of hydrogen-bond acceptors (Lipinski definition) is 1. The lowest BCUT2D eigenvalue weighted by Crippen LogP contribution is -2.22. The third-order valence-electron chi connectivity index (χ3n) is 3.22. The van der Waals surface area contributed by atoms with Gasteiger partial charge in [-0.25, -0.2) is 0 Å². The second-order valence-corrected chi connectivity index (χ2v) is 6.28. The lowest BCUT2D eigenvalue weighted by molar-refractivity contribution is 0.630. The second-order valence-electron chi connectivity index (χ2n) is 4.64. The first kappa shape index (κ1) is 15.8. The van der Waals surface area contributed by atoms with Gasteiger partial charge in [0, 0.05) is 4.47 Å². The van der Waals surface area contributed by atoms with E-state index < -0.39 is 0 Å². The van der Waals surface area contributed by atoms with E-state index in [-0.39, 0.29) is 6.04 Å². The zero-order chi connectivity index (χ0) is 14.7. The highest BCUT2D eigenvalue weighted by Crippen LogP contribution is 2.34. The van der Waals surface area contributed by atoms with Gasteiger partial charge in [-0.15, -0.1) is 0 Å². The summed E-state index contributed by atoms with van der Waals surface area (Å²) in [6.07, 6.45) is 0. The highest BCUT2D eigenvalue weighted by atomic mass is 79.9. The minimum Gasteiger partial charge on any atom is -0.306 e. The third-order valence-corrected chi connectivity index (χ3v) is 4.94. The highest BCUT2D eigenvalue weighted by Gasteiger charge is 2.18. The van der Waals surface area contributed by atoms with E-state index in [0.717, 1.165) is 16.6 Å². The van der Waals surface area contributed by atoms with Gasteiger partial charge in [-0.2, -0.15) is 0 Å². The molecule has 20 heavy (non-hydrogen) atoms. The Labute approximate surface area is 138 Å². The topological polar surface area (TPSA) is 12.0 Å². The van der Waals surface area contributed by atoms with Crippen molar-refractivity contribution in [3.05, 3.63) is 67.6 Å². The van der Waals surface area contributed by atoms with Crippen molar-refractivity contribution < 1.29 is 0 Å². The molecule has 0 heterocycles. The summed E-state index contributed by atoms with van der Waals surface area (Å²) in [6.45, 7) is 5.01. The Kier molecular flexibility index (Phi) is 5.50. The smallest absolute Gasteiger partial charge is 0.0643 e. The quantitative estimate of drug-likeness (QED) is 0.718. The third kappa shape index (κ3) is 3.37. The van der Waals surface area contributed by atoms with Crippen LogP contribution in [-0.4, -0.2) is 6.54 Å². The zero-order valence-corrected chi connectivity index (χ0v) is 14.5. The number of benzene rings is 2. The van der Waals surface area contributed by atoms with Crippen molar-refractivity contribution in [1.29, 1.82) is 0 Å². The Morgan fingerprint density at radius 2 is 1.95 bits per heavy atom. The number of halogens is 3. The van der Waals surface area contributed by atoms with Gasteiger partial charge in [0.1, 0.15) is 0 Å². The lowest BCUT2D eigenvalue weighted by Gasteiger charge is -2.21. The van der Waals surface area contributed by atoms with E-state index in [1.807, 2.05) is 18.2 Å². The molecule has 0 saturated heterocycles. The summed E-state index contributed by atoms with van der Waals surface area (Å²) in [4.78, 5) is 0. The van der Waals surface area contributed by atoms with Gasteiger partial charge in [-0.05, 0) is 42.3 Å². The van der Waals surface area contributed by atoms with Gasteiger partial charge in [0.25, 0.3) is 0 Å². The largest absolute Gasteiger partial charge is 0.306 e. The normalized spacial score (nSPS) is 12.4. The Morgan fingerprint density at radius 1 is 1.20 bits per heavy atom. The van der Waals surface area contributed by atoms with E-state index in [9.17, 15) is 0 Å². The van der Waals surface area contributed by atoms with Crippen LogP contribution in [0.1, 0.15) is 29.7 Å². The predicted octanol–water partition coefficient (Wildman–Crippen LogP) is 5.76. The van der Waals surface area contributed by atoms with Crippen LogP contribution in [0.2, 0.25) is 10.0 Å². The molecule has 0 amide bonds. The van der Waals surface area contributed by atoms with Gasteiger partial charge >= 0.3 is 0 Å².